The largest absolute Gasteiger partial charge is 0.314 e. The highest BCUT2D eigenvalue weighted by molar-refractivity contribution is 4.54. The van der Waals surface area contributed by atoms with Crippen LogP contribution in [0.2, 0.25) is 0 Å². The highest BCUT2D eigenvalue weighted by atomic mass is 14.9. The van der Waals surface area contributed by atoms with Crippen LogP contribution in [0.3, 0.4) is 0 Å². The fraction of sp³-hybridized carbons (Fsp3) is 1.00. The van der Waals surface area contributed by atoms with Gasteiger partial charge in [0.25, 0.3) is 0 Å². The molecule has 0 aromatic rings. The lowest BCUT2D eigenvalue weighted by Gasteiger charge is -2.09. The van der Waals surface area contributed by atoms with Crippen LogP contribution in [0.25, 0.3) is 0 Å². The average molecular weight is 246 g/mol. The Morgan fingerprint density at radius 2 is 0.824 bits per heavy atom. The number of rotatable bonds is 6. The molecule has 2 nitrogen and oxygen atoms in total. The van der Waals surface area contributed by atoms with Crippen LogP contribution in [-0.2, 0) is 0 Å². The van der Waals surface area contributed by atoms with Crippen molar-refractivity contribution in [2.45, 2.75) is 74.9 Å². The summed E-state index contributed by atoms with van der Waals surface area (Å²) in [6.07, 6.45) is 0. The molecule has 2 heteroatoms. The Morgan fingerprint density at radius 1 is 0.588 bits per heavy atom. The molecule has 0 aromatic heterocycles. The Bertz CT molecular complexity index is 96.9. The van der Waals surface area contributed by atoms with Gasteiger partial charge in [-0.05, 0) is 24.9 Å². The molecule has 108 valence electrons. The van der Waals surface area contributed by atoms with Crippen molar-refractivity contribution in [2.75, 3.05) is 13.1 Å². The second-order valence-electron chi connectivity index (χ2n) is 5.91. The first kappa shape index (κ1) is 22.1. The third-order valence-corrected chi connectivity index (χ3v) is 1.87. The molecule has 0 saturated heterocycles. The van der Waals surface area contributed by atoms with Gasteiger partial charge in [-0.1, -0.05) is 62.8 Å². The number of hydrogen-bond donors (Lipinski definition) is 2. The summed E-state index contributed by atoms with van der Waals surface area (Å²) in [6.45, 7) is 19.8. The monoisotopic (exact) mass is 246 g/mol. The van der Waals surface area contributed by atoms with Gasteiger partial charge in [-0.25, -0.2) is 0 Å². The molecule has 0 saturated carbocycles. The minimum Gasteiger partial charge on any atom is -0.314 e. The van der Waals surface area contributed by atoms with Gasteiger partial charge in [0.05, 0.1) is 0 Å². The lowest BCUT2D eigenvalue weighted by Crippen LogP contribution is -2.26. The Hall–Kier alpha value is -0.0800. The molecule has 0 atom stereocenters. The molecule has 0 bridgehead atoms. The van der Waals surface area contributed by atoms with Gasteiger partial charge in [-0.15, -0.1) is 0 Å². The first-order valence-corrected chi connectivity index (χ1v) is 6.72. The van der Waals surface area contributed by atoms with Gasteiger partial charge in [-0.2, -0.15) is 0 Å². The van der Waals surface area contributed by atoms with E-state index in [1.807, 2.05) is 0 Å². The van der Waals surface area contributed by atoms with Crippen molar-refractivity contribution >= 4 is 0 Å². The van der Waals surface area contributed by atoms with E-state index >= 15 is 0 Å². The molecule has 0 unspecified atom stereocenters. The van der Waals surface area contributed by atoms with E-state index in [1.165, 1.54) is 0 Å². The van der Waals surface area contributed by atoms with Crippen molar-refractivity contribution < 1.29 is 0 Å². The van der Waals surface area contributed by atoms with Gasteiger partial charge >= 0.3 is 0 Å². The van der Waals surface area contributed by atoms with Crippen molar-refractivity contribution in [3.05, 3.63) is 0 Å². The van der Waals surface area contributed by atoms with Crippen LogP contribution in [-0.4, -0.2) is 25.2 Å². The third kappa shape index (κ3) is 31.3. The van der Waals surface area contributed by atoms with E-state index in [2.05, 4.69) is 66.0 Å². The molecule has 0 radical (unpaired) electrons. The topological polar surface area (TPSA) is 24.1 Å². The van der Waals surface area contributed by atoms with Gasteiger partial charge in [0.15, 0.2) is 0 Å². The summed E-state index contributed by atoms with van der Waals surface area (Å²) in [4.78, 5) is 0. The van der Waals surface area contributed by atoms with E-state index in [9.17, 15) is 0 Å². The molecule has 0 rings (SSSR count). The second kappa shape index (κ2) is 14.0. The van der Waals surface area contributed by atoms with Crippen molar-refractivity contribution in [1.29, 1.82) is 0 Å². The molecule has 0 amide bonds. The van der Waals surface area contributed by atoms with Crippen molar-refractivity contribution in [2.24, 2.45) is 11.8 Å². The van der Waals surface area contributed by atoms with Gasteiger partial charge in [0, 0.05) is 12.1 Å². The van der Waals surface area contributed by atoms with Crippen LogP contribution in [0.4, 0.5) is 0 Å². The maximum atomic E-state index is 3.34. The van der Waals surface area contributed by atoms with Crippen LogP contribution >= 0.6 is 0 Å². The van der Waals surface area contributed by atoms with E-state index in [4.69, 9.17) is 0 Å². The van der Waals surface area contributed by atoms with Gasteiger partial charge in [0.2, 0.25) is 0 Å². The zero-order valence-electron chi connectivity index (χ0n) is 12.7. The van der Waals surface area contributed by atoms with Gasteiger partial charge in [-0.3, -0.25) is 0 Å². The Balaban J connectivity index is -0.000000218. The summed E-state index contributed by atoms with van der Waals surface area (Å²) in [6, 6.07) is 1.27. The summed E-state index contributed by atoms with van der Waals surface area (Å²) in [5, 5.41) is 6.69. The summed E-state index contributed by atoms with van der Waals surface area (Å²) in [5.74, 6) is 1.55. The third-order valence-electron chi connectivity index (χ3n) is 1.87. The van der Waals surface area contributed by atoms with Crippen LogP contribution in [0.15, 0.2) is 0 Å². The van der Waals surface area contributed by atoms with Crippen molar-refractivity contribution in [3.8, 4) is 0 Å². The van der Waals surface area contributed by atoms with Crippen LogP contribution < -0.4 is 10.6 Å². The van der Waals surface area contributed by atoms with Crippen LogP contribution in [0.1, 0.15) is 62.8 Å². The zero-order chi connectivity index (χ0) is 13.1. The molecule has 0 aromatic carbocycles. The molecule has 0 aliphatic rings. The smallest absolute Gasteiger partial charge is 0.00104 e. The molecule has 0 aliphatic heterocycles. The first-order valence-electron chi connectivity index (χ1n) is 6.72. The predicted octanol–water partition coefficient (Wildman–Crippen LogP) is 3.92. The maximum Gasteiger partial charge on any atom is 0.00104 e. The molecule has 0 spiro atoms. The van der Waals surface area contributed by atoms with E-state index in [0.717, 1.165) is 24.9 Å². The fourth-order valence-corrected chi connectivity index (χ4v) is 0.943. The van der Waals surface area contributed by atoms with Crippen LogP contribution in [0.5, 0.6) is 0 Å². The Kier molecular flexibility index (Phi) is 18.2. The molecule has 0 aliphatic carbocycles. The summed E-state index contributed by atoms with van der Waals surface area (Å²) in [7, 11) is 0. The van der Waals surface area contributed by atoms with E-state index in [0.29, 0.717) is 12.1 Å². The fourth-order valence-electron chi connectivity index (χ4n) is 0.943. The molecule has 0 fully saturated rings. The molecule has 0 heterocycles. The molecule has 17 heavy (non-hydrogen) atoms. The quantitative estimate of drug-likeness (QED) is 0.742. The summed E-state index contributed by atoms with van der Waals surface area (Å²) < 4.78 is 0. The van der Waals surface area contributed by atoms with Crippen molar-refractivity contribution in [1.82, 2.24) is 10.6 Å². The van der Waals surface area contributed by atoms with Gasteiger partial charge < -0.3 is 10.6 Å². The van der Waals surface area contributed by atoms with E-state index in [1.54, 1.807) is 0 Å². The normalized spacial score (nSPS) is 10.6. The predicted molar refractivity (Wildman–Crippen MR) is 82.7 cm³/mol. The van der Waals surface area contributed by atoms with E-state index < -0.39 is 0 Å². The zero-order valence-corrected chi connectivity index (χ0v) is 12.7. The highest BCUT2D eigenvalue weighted by Crippen LogP contribution is 1.88. The standard InChI is InChI=1S/2C7H17N.CH4/c2*1-6(2)5-8-7(3)4;/h2*6-8H,5H2,1-4H3;1H4. The molecular weight excluding hydrogens is 208 g/mol. The average Bonchev–Trinajstić information content (AvgIpc) is 2.12. The van der Waals surface area contributed by atoms with E-state index in [-0.39, 0.29) is 7.43 Å². The SMILES string of the molecule is C.CC(C)CNC(C)C.CC(C)CNC(C)C. The van der Waals surface area contributed by atoms with Crippen LogP contribution in [0, 0.1) is 11.8 Å². The molecular formula is C15H38N2. The first-order chi connectivity index (χ1) is 7.25. The Morgan fingerprint density at radius 3 is 0.882 bits per heavy atom. The number of nitrogens with one attached hydrogen (secondary N) is 2. The van der Waals surface area contributed by atoms with Gasteiger partial charge in [0.1, 0.15) is 0 Å². The maximum absolute atomic E-state index is 3.34. The lowest BCUT2D eigenvalue weighted by molar-refractivity contribution is 0.505. The minimum absolute atomic E-state index is 0. The molecule has 2 N–H and O–H groups in total. The summed E-state index contributed by atoms with van der Waals surface area (Å²) >= 11 is 0. The Labute approximate surface area is 111 Å². The summed E-state index contributed by atoms with van der Waals surface area (Å²) in [5.41, 5.74) is 0. The minimum atomic E-state index is 0. The lowest BCUT2D eigenvalue weighted by atomic mass is 10.2. The second-order valence-corrected chi connectivity index (χ2v) is 5.91. The highest BCUT2D eigenvalue weighted by Gasteiger charge is 1.94. The number of hydrogen-bond acceptors (Lipinski definition) is 2. The van der Waals surface area contributed by atoms with Crippen molar-refractivity contribution in [3.63, 3.8) is 0 Å².